The molecule has 16 heavy (non-hydrogen) atoms. The smallest absolute Gasteiger partial charge is 0.259 e. The molecule has 0 aromatic carbocycles. The van der Waals surface area contributed by atoms with Crippen LogP contribution in [0.4, 0.5) is 0 Å². The molecule has 0 bridgehead atoms. The van der Waals surface area contributed by atoms with E-state index < -0.39 is 17.0 Å². The van der Waals surface area contributed by atoms with Crippen LogP contribution >= 0.6 is 0 Å². The van der Waals surface area contributed by atoms with Gasteiger partial charge in [0.2, 0.25) is 0 Å². The Morgan fingerprint density at radius 2 is 2.31 bits per heavy atom. The molecule has 0 saturated carbocycles. The summed E-state index contributed by atoms with van der Waals surface area (Å²) in [7, 11) is 1.40. The van der Waals surface area contributed by atoms with Gasteiger partial charge in [0.05, 0.1) is 13.2 Å². The Morgan fingerprint density at radius 1 is 1.62 bits per heavy atom. The molecule has 1 N–H and O–H groups in total. The van der Waals surface area contributed by atoms with Crippen molar-refractivity contribution in [2.75, 3.05) is 7.11 Å². The van der Waals surface area contributed by atoms with Crippen molar-refractivity contribution in [1.29, 1.82) is 0 Å². The summed E-state index contributed by atoms with van der Waals surface area (Å²) in [5, 5.41) is 10.5. The molecule has 2 heterocycles. The summed E-state index contributed by atoms with van der Waals surface area (Å²) in [6, 6.07) is 0. The molecule has 3 rings (SSSR count). The summed E-state index contributed by atoms with van der Waals surface area (Å²) >= 11 is 0. The Bertz CT molecular complexity index is 417. The average Bonchev–Trinajstić information content (AvgIpc) is 2.72. The van der Waals surface area contributed by atoms with Crippen molar-refractivity contribution in [1.82, 2.24) is 0 Å². The fourth-order valence-corrected chi connectivity index (χ4v) is 2.98. The highest BCUT2D eigenvalue weighted by Gasteiger charge is 2.86. The van der Waals surface area contributed by atoms with E-state index in [1.54, 1.807) is 6.92 Å². The zero-order valence-electron chi connectivity index (χ0n) is 9.44. The molecule has 1 spiro atoms. The Kier molecular flexibility index (Phi) is 1.60. The number of aliphatic hydroxyl groups is 1. The summed E-state index contributed by atoms with van der Waals surface area (Å²) in [5.74, 6) is -1.66. The van der Waals surface area contributed by atoms with Crippen molar-refractivity contribution in [2.45, 2.75) is 43.4 Å². The van der Waals surface area contributed by atoms with Gasteiger partial charge in [-0.3, -0.25) is 4.79 Å². The van der Waals surface area contributed by atoms with Gasteiger partial charge in [-0.1, -0.05) is 0 Å². The lowest BCUT2D eigenvalue weighted by atomic mass is 9.77. The first kappa shape index (κ1) is 10.3. The number of hydrogen-bond donors (Lipinski definition) is 1. The third-order valence-electron chi connectivity index (χ3n) is 3.89. The van der Waals surface area contributed by atoms with Crippen LogP contribution in [0, 0.1) is 0 Å². The topological polar surface area (TPSA) is 68.3 Å². The first-order chi connectivity index (χ1) is 7.39. The van der Waals surface area contributed by atoms with Crippen molar-refractivity contribution in [3.8, 4) is 0 Å². The van der Waals surface area contributed by atoms with Gasteiger partial charge in [0.1, 0.15) is 0 Å². The van der Waals surface area contributed by atoms with Gasteiger partial charge in [-0.15, -0.1) is 0 Å². The van der Waals surface area contributed by atoms with Crippen LogP contribution in [0.15, 0.2) is 11.8 Å². The van der Waals surface area contributed by atoms with Gasteiger partial charge in [0, 0.05) is 12.5 Å². The SMILES string of the molecule is COC1=CC(=O)[C@]2(C)O[C@@]23C[C@@H](C)O[C@]13O. The minimum atomic E-state index is -1.62. The summed E-state index contributed by atoms with van der Waals surface area (Å²) in [6.07, 6.45) is 1.59. The number of ether oxygens (including phenoxy) is 3. The van der Waals surface area contributed by atoms with Gasteiger partial charge in [-0.25, -0.2) is 0 Å². The highest BCUT2D eigenvalue weighted by molar-refractivity contribution is 6.02. The maximum atomic E-state index is 11.9. The number of carbonyl (C=O) groups excluding carboxylic acids is 1. The second-order valence-electron chi connectivity index (χ2n) is 4.82. The van der Waals surface area contributed by atoms with Gasteiger partial charge in [-0.2, -0.15) is 0 Å². The van der Waals surface area contributed by atoms with E-state index in [0.29, 0.717) is 6.42 Å². The lowest BCUT2D eigenvalue weighted by Gasteiger charge is -2.32. The molecule has 0 aromatic rings. The second-order valence-corrected chi connectivity index (χ2v) is 4.82. The molecule has 0 radical (unpaired) electrons. The molecular formula is C11H14O5. The highest BCUT2D eigenvalue weighted by atomic mass is 16.7. The maximum absolute atomic E-state index is 11.9. The van der Waals surface area contributed by atoms with Gasteiger partial charge in [-0.05, 0) is 13.8 Å². The standard InChI is InChI=1S/C11H14O5/c1-6-5-10-9(2,16-10)7(12)4-8(14-3)11(10,13)15-6/h4,6,13H,5H2,1-3H3/t6-,9+,10+,11-/m1/s1. The zero-order chi connectivity index (χ0) is 11.8. The fraction of sp³-hybridized carbons (Fsp3) is 0.727. The molecule has 5 heteroatoms. The predicted octanol–water partition coefficient (Wildman–Crippen LogP) is 0.125. The Hall–Kier alpha value is -0.910. The van der Waals surface area contributed by atoms with E-state index in [0.717, 1.165) is 0 Å². The van der Waals surface area contributed by atoms with E-state index in [9.17, 15) is 9.90 Å². The van der Waals surface area contributed by atoms with Crippen molar-refractivity contribution in [3.05, 3.63) is 11.8 Å². The van der Waals surface area contributed by atoms with E-state index in [4.69, 9.17) is 14.2 Å². The molecule has 4 atom stereocenters. The predicted molar refractivity (Wildman–Crippen MR) is 52.4 cm³/mol. The molecule has 2 saturated heterocycles. The lowest BCUT2D eigenvalue weighted by Crippen LogP contribution is -2.53. The quantitative estimate of drug-likeness (QED) is 0.643. The van der Waals surface area contributed by atoms with Crippen LogP contribution in [-0.2, 0) is 19.0 Å². The molecular weight excluding hydrogens is 212 g/mol. The summed E-state index contributed by atoms with van der Waals surface area (Å²) in [4.78, 5) is 11.9. The minimum Gasteiger partial charge on any atom is -0.495 e. The van der Waals surface area contributed by atoms with E-state index in [2.05, 4.69) is 0 Å². The monoisotopic (exact) mass is 226 g/mol. The van der Waals surface area contributed by atoms with Crippen LogP contribution in [-0.4, -0.2) is 41.1 Å². The largest absolute Gasteiger partial charge is 0.495 e. The average molecular weight is 226 g/mol. The number of rotatable bonds is 1. The third-order valence-corrected chi connectivity index (χ3v) is 3.89. The third kappa shape index (κ3) is 0.794. The number of ketones is 1. The van der Waals surface area contributed by atoms with Crippen molar-refractivity contribution >= 4 is 5.78 Å². The number of hydrogen-bond acceptors (Lipinski definition) is 5. The molecule has 2 fully saturated rings. The number of methoxy groups -OCH3 is 1. The normalized spacial score (nSPS) is 54.1. The van der Waals surface area contributed by atoms with Gasteiger partial charge < -0.3 is 19.3 Å². The van der Waals surface area contributed by atoms with Crippen molar-refractivity contribution < 1.29 is 24.1 Å². The molecule has 0 amide bonds. The minimum absolute atomic E-state index is 0.136. The van der Waals surface area contributed by atoms with Crippen LogP contribution < -0.4 is 0 Å². The molecule has 1 aliphatic carbocycles. The van der Waals surface area contributed by atoms with Crippen LogP contribution in [0.3, 0.4) is 0 Å². The molecule has 0 unspecified atom stereocenters. The van der Waals surface area contributed by atoms with E-state index in [1.165, 1.54) is 13.2 Å². The lowest BCUT2D eigenvalue weighted by molar-refractivity contribution is -0.209. The molecule has 3 aliphatic rings. The van der Waals surface area contributed by atoms with Crippen LogP contribution in [0.25, 0.3) is 0 Å². The van der Waals surface area contributed by atoms with Crippen LogP contribution in [0.1, 0.15) is 20.3 Å². The molecule has 5 nitrogen and oxygen atoms in total. The Morgan fingerprint density at radius 3 is 2.94 bits per heavy atom. The fourth-order valence-electron chi connectivity index (χ4n) is 2.98. The second kappa shape index (κ2) is 2.50. The molecule has 2 aliphatic heterocycles. The van der Waals surface area contributed by atoms with Crippen molar-refractivity contribution in [3.63, 3.8) is 0 Å². The van der Waals surface area contributed by atoms with Crippen molar-refractivity contribution in [2.24, 2.45) is 0 Å². The molecule has 88 valence electrons. The highest BCUT2D eigenvalue weighted by Crippen LogP contribution is 2.66. The first-order valence-corrected chi connectivity index (χ1v) is 5.30. The van der Waals surface area contributed by atoms with E-state index >= 15 is 0 Å². The van der Waals surface area contributed by atoms with Crippen LogP contribution in [0.2, 0.25) is 0 Å². The van der Waals surface area contributed by atoms with Gasteiger partial charge in [0.15, 0.2) is 22.7 Å². The Balaban J connectivity index is 2.16. The van der Waals surface area contributed by atoms with E-state index in [-0.39, 0.29) is 17.6 Å². The van der Waals surface area contributed by atoms with Gasteiger partial charge >= 0.3 is 0 Å². The van der Waals surface area contributed by atoms with Gasteiger partial charge in [0.25, 0.3) is 5.79 Å². The summed E-state index contributed by atoms with van der Waals surface area (Å²) < 4.78 is 16.1. The maximum Gasteiger partial charge on any atom is 0.259 e. The molecule has 0 aromatic heterocycles. The number of epoxide rings is 1. The van der Waals surface area contributed by atoms with E-state index in [1.807, 2.05) is 6.92 Å². The first-order valence-electron chi connectivity index (χ1n) is 5.30. The Labute approximate surface area is 93.0 Å². The van der Waals surface area contributed by atoms with Crippen LogP contribution in [0.5, 0.6) is 0 Å². The number of carbonyl (C=O) groups is 1. The summed E-state index contributed by atoms with van der Waals surface area (Å²) in [5.41, 5.74) is -1.93. The zero-order valence-corrected chi connectivity index (χ0v) is 9.44. The summed E-state index contributed by atoms with van der Waals surface area (Å²) in [6.45, 7) is 3.52.